The van der Waals surface area contributed by atoms with E-state index in [1.807, 2.05) is 16.9 Å². The molecule has 5 nitrogen and oxygen atoms in total. The highest BCUT2D eigenvalue weighted by atomic mass is 16.1. The van der Waals surface area contributed by atoms with Gasteiger partial charge in [0, 0.05) is 43.4 Å². The minimum absolute atomic E-state index is 0.0188. The van der Waals surface area contributed by atoms with Crippen molar-refractivity contribution < 1.29 is 0 Å². The molecule has 84 valence electrons. The van der Waals surface area contributed by atoms with Crippen molar-refractivity contribution in [2.24, 2.45) is 0 Å². The van der Waals surface area contributed by atoms with Crippen LogP contribution >= 0.6 is 0 Å². The molecule has 0 saturated carbocycles. The quantitative estimate of drug-likeness (QED) is 0.822. The Morgan fingerprint density at radius 2 is 2.19 bits per heavy atom. The van der Waals surface area contributed by atoms with Gasteiger partial charge in [-0.3, -0.25) is 9.48 Å². The van der Waals surface area contributed by atoms with E-state index in [0.29, 0.717) is 12.2 Å². The molecular weight excluding hydrogens is 204 g/mol. The zero-order valence-corrected chi connectivity index (χ0v) is 8.91. The van der Waals surface area contributed by atoms with E-state index >= 15 is 0 Å². The molecule has 0 spiro atoms. The summed E-state index contributed by atoms with van der Waals surface area (Å²) in [4.78, 5) is 11.4. The highest BCUT2D eigenvalue weighted by molar-refractivity contribution is 5.33. The largest absolute Gasteiger partial charge is 0.398 e. The normalized spacial score (nSPS) is 10.5. The number of hydrogen-bond acceptors (Lipinski definition) is 3. The highest BCUT2D eigenvalue weighted by Gasteiger charge is 1.97. The maximum atomic E-state index is 11.4. The molecule has 0 atom stereocenters. The molecule has 2 rings (SSSR count). The van der Waals surface area contributed by atoms with Gasteiger partial charge in [-0.1, -0.05) is 0 Å². The van der Waals surface area contributed by atoms with Crippen molar-refractivity contribution >= 4 is 5.69 Å². The highest BCUT2D eigenvalue weighted by Crippen LogP contribution is 1.98. The Kier molecular flexibility index (Phi) is 3.05. The first-order chi connectivity index (χ1) is 7.75. The molecule has 2 aromatic rings. The number of aryl methyl sites for hydroxylation is 2. The monoisotopic (exact) mass is 218 g/mol. The van der Waals surface area contributed by atoms with Gasteiger partial charge in [-0.05, 0) is 18.6 Å². The fraction of sp³-hybridized carbons (Fsp3) is 0.273. The summed E-state index contributed by atoms with van der Waals surface area (Å²) in [7, 11) is 0. The second kappa shape index (κ2) is 4.65. The molecule has 0 amide bonds. The van der Waals surface area contributed by atoms with Gasteiger partial charge in [-0.25, -0.2) is 0 Å². The van der Waals surface area contributed by atoms with E-state index < -0.39 is 0 Å². The van der Waals surface area contributed by atoms with E-state index in [2.05, 4.69) is 5.10 Å². The predicted octanol–water partition coefficient (Wildman–Crippen LogP) is 0.717. The van der Waals surface area contributed by atoms with Gasteiger partial charge in [0.25, 0.3) is 5.56 Å². The molecular formula is C11H14N4O. The SMILES string of the molecule is Nc1ccc(=O)n(CCCn2cccn2)c1. The number of rotatable bonds is 4. The van der Waals surface area contributed by atoms with Crippen LogP contribution in [-0.4, -0.2) is 14.3 Å². The summed E-state index contributed by atoms with van der Waals surface area (Å²) in [6, 6.07) is 4.99. The average Bonchev–Trinajstić information content (AvgIpc) is 2.76. The first-order valence-electron chi connectivity index (χ1n) is 5.19. The molecule has 0 radical (unpaired) electrons. The van der Waals surface area contributed by atoms with Gasteiger partial charge in [0.15, 0.2) is 0 Å². The van der Waals surface area contributed by atoms with Crippen molar-refractivity contribution in [1.82, 2.24) is 14.3 Å². The number of nitrogens with zero attached hydrogens (tertiary/aromatic N) is 3. The van der Waals surface area contributed by atoms with Gasteiger partial charge >= 0.3 is 0 Å². The van der Waals surface area contributed by atoms with E-state index in [-0.39, 0.29) is 5.56 Å². The lowest BCUT2D eigenvalue weighted by atomic mass is 10.3. The Balaban J connectivity index is 1.94. The van der Waals surface area contributed by atoms with Crippen LogP contribution in [0.5, 0.6) is 0 Å². The summed E-state index contributed by atoms with van der Waals surface area (Å²) in [5.41, 5.74) is 6.21. The Hall–Kier alpha value is -2.04. The summed E-state index contributed by atoms with van der Waals surface area (Å²) >= 11 is 0. The molecule has 0 fully saturated rings. The maximum Gasteiger partial charge on any atom is 0.250 e. The van der Waals surface area contributed by atoms with Crippen LogP contribution in [0.1, 0.15) is 6.42 Å². The first kappa shape index (κ1) is 10.5. The van der Waals surface area contributed by atoms with Crippen molar-refractivity contribution in [2.45, 2.75) is 19.5 Å². The first-order valence-corrected chi connectivity index (χ1v) is 5.19. The molecule has 0 saturated heterocycles. The minimum Gasteiger partial charge on any atom is -0.398 e. The standard InChI is InChI=1S/C11H14N4O/c12-10-3-4-11(16)14(9-10)6-2-8-15-7-1-5-13-15/h1,3-5,7,9H,2,6,8,12H2. The maximum absolute atomic E-state index is 11.4. The second-order valence-corrected chi connectivity index (χ2v) is 3.62. The van der Waals surface area contributed by atoms with Crippen molar-refractivity contribution in [2.75, 3.05) is 5.73 Å². The molecule has 2 aromatic heterocycles. The zero-order chi connectivity index (χ0) is 11.4. The summed E-state index contributed by atoms with van der Waals surface area (Å²) in [5, 5.41) is 4.09. The van der Waals surface area contributed by atoms with Gasteiger partial charge in [0.2, 0.25) is 0 Å². The molecule has 2 heterocycles. The van der Waals surface area contributed by atoms with Gasteiger partial charge in [0.1, 0.15) is 0 Å². The minimum atomic E-state index is -0.0188. The third-order valence-corrected chi connectivity index (χ3v) is 2.35. The lowest BCUT2D eigenvalue weighted by Crippen LogP contribution is -2.19. The number of aromatic nitrogens is 3. The van der Waals surface area contributed by atoms with E-state index in [1.165, 1.54) is 6.07 Å². The van der Waals surface area contributed by atoms with Gasteiger partial charge in [-0.15, -0.1) is 0 Å². The fourth-order valence-electron chi connectivity index (χ4n) is 1.56. The molecule has 0 aliphatic carbocycles. The van der Waals surface area contributed by atoms with E-state index in [4.69, 9.17) is 5.73 Å². The summed E-state index contributed by atoms with van der Waals surface area (Å²) < 4.78 is 3.47. The Bertz CT molecular complexity index is 501. The molecule has 16 heavy (non-hydrogen) atoms. The van der Waals surface area contributed by atoms with Crippen molar-refractivity contribution in [3.8, 4) is 0 Å². The molecule has 0 bridgehead atoms. The van der Waals surface area contributed by atoms with Crippen LogP contribution in [-0.2, 0) is 13.1 Å². The van der Waals surface area contributed by atoms with E-state index in [1.54, 1.807) is 23.0 Å². The summed E-state index contributed by atoms with van der Waals surface area (Å²) in [6.07, 6.45) is 6.17. The number of hydrogen-bond donors (Lipinski definition) is 1. The van der Waals surface area contributed by atoms with Gasteiger partial charge < -0.3 is 10.3 Å². The van der Waals surface area contributed by atoms with Crippen LogP contribution in [0.3, 0.4) is 0 Å². The number of pyridine rings is 1. The number of anilines is 1. The third-order valence-electron chi connectivity index (χ3n) is 2.35. The smallest absolute Gasteiger partial charge is 0.250 e. The van der Waals surface area contributed by atoms with Crippen molar-refractivity contribution in [3.63, 3.8) is 0 Å². The molecule has 5 heteroatoms. The van der Waals surface area contributed by atoms with Gasteiger partial charge in [0.05, 0.1) is 0 Å². The summed E-state index contributed by atoms with van der Waals surface area (Å²) in [6.45, 7) is 1.46. The summed E-state index contributed by atoms with van der Waals surface area (Å²) in [5.74, 6) is 0. The Morgan fingerprint density at radius 3 is 2.94 bits per heavy atom. The van der Waals surface area contributed by atoms with Crippen molar-refractivity contribution in [1.29, 1.82) is 0 Å². The fourth-order valence-corrected chi connectivity index (χ4v) is 1.56. The van der Waals surface area contributed by atoms with Crippen LogP contribution < -0.4 is 11.3 Å². The Morgan fingerprint density at radius 1 is 1.31 bits per heavy atom. The lowest BCUT2D eigenvalue weighted by molar-refractivity contribution is 0.520. The molecule has 0 aliphatic rings. The van der Waals surface area contributed by atoms with Crippen LogP contribution in [0.4, 0.5) is 5.69 Å². The van der Waals surface area contributed by atoms with Crippen molar-refractivity contribution in [3.05, 3.63) is 47.1 Å². The van der Waals surface area contributed by atoms with E-state index in [0.717, 1.165) is 13.0 Å². The average molecular weight is 218 g/mol. The van der Waals surface area contributed by atoms with Crippen LogP contribution in [0, 0.1) is 0 Å². The predicted molar refractivity (Wildman–Crippen MR) is 62.0 cm³/mol. The Labute approximate surface area is 93.1 Å². The number of nitrogens with two attached hydrogens (primary N) is 1. The lowest BCUT2D eigenvalue weighted by Gasteiger charge is -2.06. The van der Waals surface area contributed by atoms with Crippen LogP contribution in [0.15, 0.2) is 41.6 Å². The van der Waals surface area contributed by atoms with Crippen LogP contribution in [0.2, 0.25) is 0 Å². The number of nitrogen functional groups attached to an aromatic ring is 1. The molecule has 0 aliphatic heterocycles. The zero-order valence-electron chi connectivity index (χ0n) is 8.91. The van der Waals surface area contributed by atoms with Gasteiger partial charge in [-0.2, -0.15) is 5.10 Å². The third kappa shape index (κ3) is 2.50. The molecule has 0 unspecified atom stereocenters. The molecule has 0 aromatic carbocycles. The van der Waals surface area contributed by atoms with Crippen LogP contribution in [0.25, 0.3) is 0 Å². The van der Waals surface area contributed by atoms with E-state index in [9.17, 15) is 4.79 Å². The molecule has 2 N–H and O–H groups in total. The topological polar surface area (TPSA) is 65.8 Å². The second-order valence-electron chi connectivity index (χ2n) is 3.62.